The van der Waals surface area contributed by atoms with E-state index in [4.69, 9.17) is 0 Å². The van der Waals surface area contributed by atoms with E-state index in [-0.39, 0.29) is 4.90 Å². The number of piperazine rings is 1. The summed E-state index contributed by atoms with van der Waals surface area (Å²) in [7, 11) is -3.43. The molecule has 1 aromatic rings. The average Bonchev–Trinajstić information content (AvgIpc) is 2.99. The van der Waals surface area contributed by atoms with Crippen molar-refractivity contribution in [1.29, 1.82) is 0 Å². The van der Waals surface area contributed by atoms with E-state index in [2.05, 4.69) is 31.1 Å². The lowest BCUT2D eigenvalue weighted by atomic mass is 10.2. The number of hydrogen-bond donors (Lipinski definition) is 1. The second-order valence-corrected chi connectivity index (χ2v) is 8.28. The first kappa shape index (κ1) is 15.4. The third-order valence-corrected chi connectivity index (χ3v) is 6.38. The van der Waals surface area contributed by atoms with Crippen molar-refractivity contribution >= 4 is 26.0 Å². The fraction of sp³-hybridized carbons (Fsp3) is 0.615. The average molecular weight is 375 g/mol. The summed E-state index contributed by atoms with van der Waals surface area (Å²) in [5.41, 5.74) is 0. The number of hydrogen-bond acceptors (Lipinski definition) is 5. The molecule has 2 fully saturated rings. The predicted octanol–water partition coefficient (Wildman–Crippen LogP) is 0.512. The molecule has 2 aliphatic rings. The van der Waals surface area contributed by atoms with Crippen molar-refractivity contribution in [3.05, 3.63) is 22.9 Å². The Balaban J connectivity index is 1.72. The number of rotatable bonds is 3. The zero-order chi connectivity index (χ0) is 14.9. The van der Waals surface area contributed by atoms with E-state index >= 15 is 0 Å². The molecule has 0 aromatic carbocycles. The number of sulfonamides is 1. The number of aromatic nitrogens is 1. The van der Waals surface area contributed by atoms with Crippen molar-refractivity contribution in [1.82, 2.24) is 19.5 Å². The lowest BCUT2D eigenvalue weighted by molar-refractivity contribution is 0.179. The maximum absolute atomic E-state index is 12.6. The molecule has 0 bridgehead atoms. The van der Waals surface area contributed by atoms with Crippen LogP contribution >= 0.6 is 15.9 Å². The van der Waals surface area contributed by atoms with Crippen molar-refractivity contribution in [2.75, 3.05) is 39.3 Å². The Hall–Kier alpha value is -0.540. The molecule has 0 radical (unpaired) electrons. The number of pyridine rings is 1. The van der Waals surface area contributed by atoms with Crippen LogP contribution in [0, 0.1) is 0 Å². The molecule has 1 unspecified atom stereocenters. The van der Waals surface area contributed by atoms with Gasteiger partial charge in [-0.2, -0.15) is 4.31 Å². The molecule has 3 rings (SSSR count). The van der Waals surface area contributed by atoms with Crippen molar-refractivity contribution in [2.45, 2.75) is 17.4 Å². The predicted molar refractivity (Wildman–Crippen MR) is 83.5 cm³/mol. The van der Waals surface area contributed by atoms with Crippen LogP contribution in [0.3, 0.4) is 0 Å². The van der Waals surface area contributed by atoms with Crippen LogP contribution in [0.5, 0.6) is 0 Å². The first-order valence-corrected chi connectivity index (χ1v) is 9.36. The van der Waals surface area contributed by atoms with Crippen LogP contribution < -0.4 is 5.32 Å². The summed E-state index contributed by atoms with van der Waals surface area (Å²) < 4.78 is 27.6. The van der Waals surface area contributed by atoms with E-state index in [1.54, 1.807) is 16.6 Å². The van der Waals surface area contributed by atoms with Gasteiger partial charge >= 0.3 is 0 Å². The van der Waals surface area contributed by atoms with Crippen molar-refractivity contribution < 1.29 is 8.42 Å². The van der Waals surface area contributed by atoms with Crippen molar-refractivity contribution in [3.63, 3.8) is 0 Å². The van der Waals surface area contributed by atoms with Gasteiger partial charge in [-0.15, -0.1) is 0 Å². The SMILES string of the molecule is O=S(=O)(c1cncc(Br)c1)N1CCC(N2CCNCC2)C1. The van der Waals surface area contributed by atoms with Gasteiger partial charge < -0.3 is 5.32 Å². The highest BCUT2D eigenvalue weighted by Gasteiger charge is 2.35. The minimum Gasteiger partial charge on any atom is -0.314 e. The molecule has 0 amide bonds. The Morgan fingerprint density at radius 2 is 2.00 bits per heavy atom. The smallest absolute Gasteiger partial charge is 0.244 e. The first-order valence-electron chi connectivity index (χ1n) is 7.13. The molecule has 0 spiro atoms. The molecule has 0 saturated carbocycles. The zero-order valence-corrected chi connectivity index (χ0v) is 14.1. The summed E-state index contributed by atoms with van der Waals surface area (Å²) in [6, 6.07) is 1.95. The van der Waals surface area contributed by atoms with Gasteiger partial charge in [0.2, 0.25) is 10.0 Å². The second-order valence-electron chi connectivity index (χ2n) is 5.43. The zero-order valence-electron chi connectivity index (χ0n) is 11.7. The first-order chi connectivity index (χ1) is 10.1. The molecule has 2 aliphatic heterocycles. The highest BCUT2D eigenvalue weighted by molar-refractivity contribution is 9.10. The number of nitrogens with one attached hydrogen (secondary N) is 1. The third kappa shape index (κ3) is 3.29. The molecule has 21 heavy (non-hydrogen) atoms. The van der Waals surface area contributed by atoms with Gasteiger partial charge in [-0.25, -0.2) is 8.42 Å². The fourth-order valence-electron chi connectivity index (χ4n) is 2.96. The van der Waals surface area contributed by atoms with Gasteiger partial charge in [0.25, 0.3) is 0 Å². The van der Waals surface area contributed by atoms with Crippen LogP contribution in [-0.4, -0.2) is 67.9 Å². The normalized spacial score (nSPS) is 25.3. The molecular weight excluding hydrogens is 356 g/mol. The fourth-order valence-corrected chi connectivity index (χ4v) is 4.96. The minimum absolute atomic E-state index is 0.262. The lowest BCUT2D eigenvalue weighted by Crippen LogP contribution is -2.49. The van der Waals surface area contributed by atoms with E-state index in [1.807, 2.05) is 0 Å². The summed E-state index contributed by atoms with van der Waals surface area (Å²) in [6.07, 6.45) is 3.91. The Morgan fingerprint density at radius 1 is 1.24 bits per heavy atom. The molecule has 0 aliphatic carbocycles. The van der Waals surface area contributed by atoms with Crippen LogP contribution in [0.4, 0.5) is 0 Å². The minimum atomic E-state index is -3.43. The maximum Gasteiger partial charge on any atom is 0.244 e. The molecule has 116 valence electrons. The number of halogens is 1. The van der Waals surface area contributed by atoms with E-state index in [0.717, 1.165) is 32.6 Å². The Morgan fingerprint density at radius 3 is 2.71 bits per heavy atom. The van der Waals surface area contributed by atoms with Gasteiger partial charge in [-0.05, 0) is 28.4 Å². The highest BCUT2D eigenvalue weighted by Crippen LogP contribution is 2.24. The molecule has 8 heteroatoms. The lowest BCUT2D eigenvalue weighted by Gasteiger charge is -2.32. The van der Waals surface area contributed by atoms with E-state index in [9.17, 15) is 8.42 Å². The standard InChI is InChI=1S/C13H19BrN4O2S/c14-11-7-13(9-16-8-11)21(19,20)18-4-1-12(10-18)17-5-2-15-3-6-17/h7-9,12,15H,1-6,10H2. The summed E-state index contributed by atoms with van der Waals surface area (Å²) in [5, 5.41) is 3.32. The molecule has 1 atom stereocenters. The van der Waals surface area contributed by atoms with Gasteiger partial charge in [0.15, 0.2) is 0 Å². The van der Waals surface area contributed by atoms with E-state index in [1.165, 1.54) is 6.20 Å². The molecule has 3 heterocycles. The van der Waals surface area contributed by atoms with E-state index in [0.29, 0.717) is 23.6 Å². The molecule has 6 nitrogen and oxygen atoms in total. The molecule has 2 saturated heterocycles. The monoisotopic (exact) mass is 374 g/mol. The topological polar surface area (TPSA) is 65.5 Å². The largest absolute Gasteiger partial charge is 0.314 e. The summed E-state index contributed by atoms with van der Waals surface area (Å²) in [6.45, 7) is 5.13. The van der Waals surface area contributed by atoms with Crippen LogP contribution in [0.2, 0.25) is 0 Å². The third-order valence-electron chi connectivity index (χ3n) is 4.11. The van der Waals surface area contributed by atoms with Gasteiger partial charge in [-0.3, -0.25) is 9.88 Å². The molecule has 1 aromatic heterocycles. The van der Waals surface area contributed by atoms with Gasteiger partial charge in [0, 0.05) is 62.2 Å². The quantitative estimate of drug-likeness (QED) is 0.834. The van der Waals surface area contributed by atoms with Gasteiger partial charge in [0.05, 0.1) is 0 Å². The van der Waals surface area contributed by atoms with Crippen LogP contribution in [-0.2, 0) is 10.0 Å². The van der Waals surface area contributed by atoms with Crippen molar-refractivity contribution in [2.24, 2.45) is 0 Å². The summed E-state index contributed by atoms with van der Waals surface area (Å²) in [4.78, 5) is 6.62. The van der Waals surface area contributed by atoms with Gasteiger partial charge in [-0.1, -0.05) is 0 Å². The summed E-state index contributed by atoms with van der Waals surface area (Å²) in [5.74, 6) is 0. The Labute approximate surface area is 133 Å². The highest BCUT2D eigenvalue weighted by atomic mass is 79.9. The van der Waals surface area contributed by atoms with Crippen LogP contribution in [0.15, 0.2) is 27.8 Å². The van der Waals surface area contributed by atoms with Crippen LogP contribution in [0.25, 0.3) is 0 Å². The van der Waals surface area contributed by atoms with Crippen molar-refractivity contribution in [3.8, 4) is 0 Å². The van der Waals surface area contributed by atoms with Crippen LogP contribution in [0.1, 0.15) is 6.42 Å². The van der Waals surface area contributed by atoms with Gasteiger partial charge in [0.1, 0.15) is 4.90 Å². The number of nitrogens with zero attached hydrogens (tertiary/aromatic N) is 3. The molecule has 1 N–H and O–H groups in total. The second kappa shape index (κ2) is 6.29. The Bertz CT molecular complexity index is 604. The maximum atomic E-state index is 12.6. The summed E-state index contributed by atoms with van der Waals surface area (Å²) >= 11 is 3.28. The Kier molecular flexibility index (Phi) is 4.60. The molecular formula is C13H19BrN4O2S. The van der Waals surface area contributed by atoms with E-state index < -0.39 is 10.0 Å².